The van der Waals surface area contributed by atoms with Gasteiger partial charge in [-0.2, -0.15) is 5.01 Å². The Bertz CT molecular complexity index is 1250. The Morgan fingerprint density at radius 3 is 2.52 bits per heavy atom. The third kappa shape index (κ3) is 4.24. The van der Waals surface area contributed by atoms with Gasteiger partial charge in [0.25, 0.3) is 17.7 Å². The van der Waals surface area contributed by atoms with Crippen LogP contribution in [0, 0.1) is 0 Å². The number of nitrogens with zero attached hydrogens (tertiary/aromatic N) is 2. The molecule has 2 aliphatic heterocycles. The third-order valence-corrected chi connectivity index (χ3v) is 6.55. The highest BCUT2D eigenvalue weighted by atomic mass is 35.5. The molecule has 2 heterocycles. The van der Waals surface area contributed by atoms with Gasteiger partial charge in [-0.25, -0.2) is 0 Å². The Morgan fingerprint density at radius 1 is 1.09 bits per heavy atom. The molecule has 2 aromatic rings. The first kappa shape index (κ1) is 23.0. The van der Waals surface area contributed by atoms with Crippen LogP contribution in [-0.2, 0) is 19.1 Å². The van der Waals surface area contributed by atoms with Gasteiger partial charge in [0, 0.05) is 5.56 Å². The predicted molar refractivity (Wildman–Crippen MR) is 128 cm³/mol. The van der Waals surface area contributed by atoms with E-state index in [-0.39, 0.29) is 38.5 Å². The summed E-state index contributed by atoms with van der Waals surface area (Å²) < 4.78 is 5.02. The minimum atomic E-state index is -0.651. The van der Waals surface area contributed by atoms with E-state index in [1.54, 1.807) is 49.4 Å². The molecule has 0 spiro atoms. The molecule has 11 heteroatoms. The standard InChI is InChI=1S/C22H16ClN3O5S2/c1-2-31-16(27)11-25-15-10-6-4-8-13(15)17(20(25)29)18-21(30)26(22(32)33-18)24-19(28)12-7-3-5-9-14(12)23/h3-10H,2,11H2,1H3,(H,24,28). The Morgan fingerprint density at radius 2 is 1.79 bits per heavy atom. The number of anilines is 1. The summed E-state index contributed by atoms with van der Waals surface area (Å²) in [5, 5.41) is 1.13. The molecule has 33 heavy (non-hydrogen) atoms. The molecule has 1 N–H and O–H groups in total. The van der Waals surface area contributed by atoms with Gasteiger partial charge in [-0.05, 0) is 37.3 Å². The number of para-hydroxylation sites is 1. The lowest BCUT2D eigenvalue weighted by Crippen LogP contribution is -2.45. The van der Waals surface area contributed by atoms with Gasteiger partial charge < -0.3 is 4.74 Å². The number of nitrogens with one attached hydrogen (secondary N) is 1. The Balaban J connectivity index is 1.66. The van der Waals surface area contributed by atoms with Crippen LogP contribution in [0.25, 0.3) is 5.57 Å². The topological polar surface area (TPSA) is 96.0 Å². The molecule has 0 radical (unpaired) electrons. The summed E-state index contributed by atoms with van der Waals surface area (Å²) in [5.41, 5.74) is 3.71. The normalized spacial score (nSPS) is 17.5. The fourth-order valence-electron chi connectivity index (χ4n) is 3.41. The number of carbonyl (C=O) groups is 4. The maximum atomic E-state index is 13.3. The van der Waals surface area contributed by atoms with E-state index in [9.17, 15) is 19.2 Å². The van der Waals surface area contributed by atoms with Crippen molar-refractivity contribution in [2.24, 2.45) is 0 Å². The number of thiocarbonyl (C=S) groups is 1. The van der Waals surface area contributed by atoms with Crippen LogP contribution < -0.4 is 10.3 Å². The molecule has 0 saturated carbocycles. The zero-order valence-corrected chi connectivity index (χ0v) is 19.6. The molecule has 0 aliphatic carbocycles. The van der Waals surface area contributed by atoms with Gasteiger partial charge in [0.15, 0.2) is 4.32 Å². The minimum Gasteiger partial charge on any atom is -0.465 e. The number of fused-ring (bicyclic) bond motifs is 1. The number of carbonyl (C=O) groups excluding carboxylic acids is 4. The molecular formula is C22H16ClN3O5S2. The molecule has 1 fully saturated rings. The van der Waals surface area contributed by atoms with E-state index < -0.39 is 23.7 Å². The van der Waals surface area contributed by atoms with Crippen molar-refractivity contribution < 1.29 is 23.9 Å². The van der Waals surface area contributed by atoms with Crippen LogP contribution in [0.4, 0.5) is 5.69 Å². The molecule has 3 amide bonds. The largest absolute Gasteiger partial charge is 0.465 e. The second-order valence-electron chi connectivity index (χ2n) is 6.85. The monoisotopic (exact) mass is 501 g/mol. The highest BCUT2D eigenvalue weighted by Crippen LogP contribution is 2.44. The van der Waals surface area contributed by atoms with E-state index in [4.69, 9.17) is 28.6 Å². The van der Waals surface area contributed by atoms with Crippen LogP contribution in [0.15, 0.2) is 53.4 Å². The highest BCUT2D eigenvalue weighted by Gasteiger charge is 2.43. The van der Waals surface area contributed by atoms with Crippen molar-refractivity contribution in [3.05, 3.63) is 69.6 Å². The lowest BCUT2D eigenvalue weighted by Gasteiger charge is -2.16. The molecule has 4 rings (SSSR count). The van der Waals surface area contributed by atoms with Crippen molar-refractivity contribution in [3.63, 3.8) is 0 Å². The van der Waals surface area contributed by atoms with Gasteiger partial charge in [-0.15, -0.1) is 0 Å². The first-order valence-corrected chi connectivity index (χ1v) is 11.4. The van der Waals surface area contributed by atoms with Crippen molar-refractivity contribution >= 4 is 74.9 Å². The van der Waals surface area contributed by atoms with Gasteiger partial charge in [-0.1, -0.05) is 53.7 Å². The number of esters is 1. The van der Waals surface area contributed by atoms with E-state index in [1.807, 2.05) is 0 Å². The van der Waals surface area contributed by atoms with Crippen LogP contribution in [0.1, 0.15) is 22.8 Å². The molecule has 0 bridgehead atoms. The van der Waals surface area contributed by atoms with Crippen molar-refractivity contribution in [1.29, 1.82) is 0 Å². The van der Waals surface area contributed by atoms with Crippen molar-refractivity contribution in [1.82, 2.24) is 10.4 Å². The van der Waals surface area contributed by atoms with Crippen LogP contribution in [0.5, 0.6) is 0 Å². The number of rotatable bonds is 5. The number of hydrogen-bond donors (Lipinski definition) is 1. The SMILES string of the molecule is CCOC(=O)CN1C(=O)C(=C2SC(=S)N(NC(=O)c3ccccc3Cl)C2=O)c2ccccc21. The summed E-state index contributed by atoms with van der Waals surface area (Å²) in [4.78, 5) is 52.5. The van der Waals surface area contributed by atoms with E-state index in [2.05, 4.69) is 5.43 Å². The van der Waals surface area contributed by atoms with E-state index >= 15 is 0 Å². The number of halogens is 1. The molecule has 8 nitrogen and oxygen atoms in total. The van der Waals surface area contributed by atoms with Gasteiger partial charge in [0.05, 0.1) is 33.4 Å². The Kier molecular flexibility index (Phi) is 6.50. The molecule has 0 unspecified atom stereocenters. The summed E-state index contributed by atoms with van der Waals surface area (Å²) in [7, 11) is 0. The average molecular weight is 502 g/mol. The van der Waals surface area contributed by atoms with Gasteiger partial charge in [0.2, 0.25) is 0 Å². The van der Waals surface area contributed by atoms with Gasteiger partial charge in [-0.3, -0.25) is 29.5 Å². The molecule has 0 aromatic heterocycles. The van der Waals surface area contributed by atoms with Crippen LogP contribution in [-0.4, -0.2) is 46.2 Å². The quantitative estimate of drug-likeness (QED) is 0.382. The molecule has 2 aromatic carbocycles. The number of amides is 3. The number of hydrazine groups is 1. The summed E-state index contributed by atoms with van der Waals surface area (Å²) in [5.74, 6) is -2.37. The van der Waals surface area contributed by atoms with Crippen molar-refractivity contribution in [2.75, 3.05) is 18.1 Å². The van der Waals surface area contributed by atoms with Crippen molar-refractivity contribution in [2.45, 2.75) is 6.92 Å². The lowest BCUT2D eigenvalue weighted by atomic mass is 10.1. The zero-order valence-electron chi connectivity index (χ0n) is 17.2. The first-order valence-electron chi connectivity index (χ1n) is 9.76. The van der Waals surface area contributed by atoms with Gasteiger partial charge in [0.1, 0.15) is 6.54 Å². The van der Waals surface area contributed by atoms with E-state index in [0.717, 1.165) is 16.8 Å². The molecular weight excluding hydrogens is 486 g/mol. The van der Waals surface area contributed by atoms with Crippen LogP contribution >= 0.6 is 35.6 Å². The molecule has 168 valence electrons. The van der Waals surface area contributed by atoms with Crippen molar-refractivity contribution in [3.8, 4) is 0 Å². The summed E-state index contributed by atoms with van der Waals surface area (Å²) in [6.45, 7) is 1.56. The van der Waals surface area contributed by atoms with Crippen LogP contribution in [0.2, 0.25) is 5.02 Å². The zero-order chi connectivity index (χ0) is 23.7. The summed E-state index contributed by atoms with van der Waals surface area (Å²) in [6, 6.07) is 13.2. The first-order chi connectivity index (χ1) is 15.8. The molecule has 2 aliphatic rings. The maximum absolute atomic E-state index is 13.3. The molecule has 0 atom stereocenters. The number of ether oxygens (including phenoxy) is 1. The maximum Gasteiger partial charge on any atom is 0.326 e. The summed E-state index contributed by atoms with van der Waals surface area (Å²) in [6.07, 6.45) is 0. The summed E-state index contributed by atoms with van der Waals surface area (Å²) >= 11 is 12.2. The second-order valence-corrected chi connectivity index (χ2v) is 8.90. The third-order valence-electron chi connectivity index (χ3n) is 4.84. The fraction of sp³-hybridized carbons (Fsp3) is 0.136. The highest BCUT2D eigenvalue weighted by molar-refractivity contribution is 8.26. The predicted octanol–water partition coefficient (Wildman–Crippen LogP) is 3.17. The fourth-order valence-corrected chi connectivity index (χ4v) is 4.89. The van der Waals surface area contributed by atoms with Gasteiger partial charge >= 0.3 is 5.97 Å². The second kappa shape index (κ2) is 9.34. The average Bonchev–Trinajstić information content (AvgIpc) is 3.21. The molecule has 1 saturated heterocycles. The number of thioether (sulfide) groups is 1. The van der Waals surface area contributed by atoms with Crippen LogP contribution in [0.3, 0.4) is 0 Å². The minimum absolute atomic E-state index is 0.0528. The van der Waals surface area contributed by atoms with E-state index in [0.29, 0.717) is 11.3 Å². The number of hydrogen-bond acceptors (Lipinski definition) is 7. The Labute approximate surface area is 203 Å². The van der Waals surface area contributed by atoms with E-state index in [1.165, 1.54) is 11.0 Å². The Hall–Kier alpha value is -3.21. The smallest absolute Gasteiger partial charge is 0.326 e. The number of benzene rings is 2. The lowest BCUT2D eigenvalue weighted by molar-refractivity contribution is -0.142.